The monoisotopic (exact) mass is 275 g/mol. The van der Waals surface area contributed by atoms with Gasteiger partial charge in [0.25, 0.3) is 0 Å². The third-order valence-electron chi connectivity index (χ3n) is 4.42. The van der Waals surface area contributed by atoms with Crippen molar-refractivity contribution in [2.24, 2.45) is 17.6 Å². The first-order chi connectivity index (χ1) is 9.27. The van der Waals surface area contributed by atoms with Gasteiger partial charge < -0.3 is 10.5 Å². The van der Waals surface area contributed by atoms with Crippen molar-refractivity contribution >= 4 is 0 Å². The number of nitrogens with two attached hydrogens (primary N) is 1. The quantitative estimate of drug-likeness (QED) is 0.881. The average molecular weight is 275 g/mol. The van der Waals surface area contributed by atoms with Gasteiger partial charge in [0.05, 0.1) is 0 Å². The Bertz CT molecular complexity index is 420. The molecule has 2 nitrogen and oxygen atoms in total. The lowest BCUT2D eigenvalue weighted by Crippen LogP contribution is -2.48. The number of hydrogen-bond acceptors (Lipinski definition) is 2. The molecule has 0 bridgehead atoms. The van der Waals surface area contributed by atoms with Crippen molar-refractivity contribution in [1.29, 1.82) is 0 Å². The van der Waals surface area contributed by atoms with E-state index in [0.717, 1.165) is 12.2 Å². The fourth-order valence-corrected chi connectivity index (χ4v) is 3.28. The third-order valence-corrected chi connectivity index (χ3v) is 4.42. The molecule has 1 saturated carbocycles. The Morgan fingerprint density at radius 1 is 1.05 bits per heavy atom. The zero-order valence-corrected chi connectivity index (χ0v) is 13.5. The van der Waals surface area contributed by atoms with Crippen LogP contribution in [-0.4, -0.2) is 12.1 Å². The Labute approximate surface area is 123 Å². The van der Waals surface area contributed by atoms with E-state index in [9.17, 15) is 0 Å². The molecule has 4 atom stereocenters. The summed E-state index contributed by atoms with van der Waals surface area (Å²) in [5, 5.41) is 0. The van der Waals surface area contributed by atoms with E-state index < -0.39 is 0 Å². The van der Waals surface area contributed by atoms with E-state index in [0.29, 0.717) is 11.8 Å². The topological polar surface area (TPSA) is 35.2 Å². The molecule has 1 fully saturated rings. The lowest BCUT2D eigenvalue weighted by Gasteiger charge is -2.37. The molecule has 0 spiro atoms. The molecule has 1 aromatic rings. The number of rotatable bonds is 2. The Hall–Kier alpha value is -1.02. The van der Waals surface area contributed by atoms with E-state index in [1.165, 1.54) is 12.0 Å². The van der Waals surface area contributed by atoms with Gasteiger partial charge in [-0.3, -0.25) is 0 Å². The highest BCUT2D eigenvalue weighted by Crippen LogP contribution is 2.32. The lowest BCUT2D eigenvalue weighted by molar-refractivity contribution is 0.0626. The molecular formula is C18H29NO. The normalized spacial score (nSPS) is 31.1. The van der Waals surface area contributed by atoms with Gasteiger partial charge in [-0.25, -0.2) is 0 Å². The van der Waals surface area contributed by atoms with Crippen LogP contribution in [0.3, 0.4) is 0 Å². The van der Waals surface area contributed by atoms with Crippen LogP contribution < -0.4 is 10.5 Å². The highest BCUT2D eigenvalue weighted by molar-refractivity contribution is 5.31. The average Bonchev–Trinajstić information content (AvgIpc) is 2.33. The third kappa shape index (κ3) is 3.54. The van der Waals surface area contributed by atoms with E-state index in [-0.39, 0.29) is 17.6 Å². The zero-order chi connectivity index (χ0) is 14.9. The van der Waals surface area contributed by atoms with Crippen LogP contribution in [0.1, 0.15) is 53.0 Å². The molecule has 0 heterocycles. The van der Waals surface area contributed by atoms with Gasteiger partial charge >= 0.3 is 0 Å². The van der Waals surface area contributed by atoms with Crippen LogP contribution in [0.4, 0.5) is 0 Å². The Morgan fingerprint density at radius 3 is 2.15 bits per heavy atom. The van der Waals surface area contributed by atoms with E-state index in [4.69, 9.17) is 10.5 Å². The second-order valence-electron chi connectivity index (χ2n) is 7.57. The summed E-state index contributed by atoms with van der Waals surface area (Å²) < 4.78 is 6.17. The van der Waals surface area contributed by atoms with E-state index in [2.05, 4.69) is 58.9 Å². The fourth-order valence-electron chi connectivity index (χ4n) is 3.28. The summed E-state index contributed by atoms with van der Waals surface area (Å²) in [6.07, 6.45) is 2.42. The van der Waals surface area contributed by atoms with Gasteiger partial charge in [-0.1, -0.05) is 46.8 Å². The van der Waals surface area contributed by atoms with Gasteiger partial charge in [0, 0.05) is 6.04 Å². The number of benzene rings is 1. The molecule has 0 aromatic heterocycles. The molecule has 0 aliphatic heterocycles. The minimum Gasteiger partial charge on any atom is -0.489 e. The van der Waals surface area contributed by atoms with Crippen LogP contribution >= 0.6 is 0 Å². The highest BCUT2D eigenvalue weighted by atomic mass is 16.5. The van der Waals surface area contributed by atoms with Crippen molar-refractivity contribution in [2.45, 2.75) is 65.0 Å². The van der Waals surface area contributed by atoms with Gasteiger partial charge in [0.1, 0.15) is 11.9 Å². The van der Waals surface area contributed by atoms with Crippen molar-refractivity contribution in [3.8, 4) is 5.75 Å². The van der Waals surface area contributed by atoms with Crippen LogP contribution in [0.25, 0.3) is 0 Å². The molecular weight excluding hydrogens is 246 g/mol. The first-order valence-electron chi connectivity index (χ1n) is 7.80. The zero-order valence-electron chi connectivity index (χ0n) is 13.5. The van der Waals surface area contributed by atoms with Crippen LogP contribution in [0, 0.1) is 11.8 Å². The summed E-state index contributed by atoms with van der Waals surface area (Å²) >= 11 is 0. The summed E-state index contributed by atoms with van der Waals surface area (Å²) in [4.78, 5) is 0. The maximum Gasteiger partial charge on any atom is 0.119 e. The van der Waals surface area contributed by atoms with Gasteiger partial charge in [-0.05, 0) is 47.8 Å². The first kappa shape index (κ1) is 15.4. The van der Waals surface area contributed by atoms with E-state index in [1.807, 2.05) is 0 Å². The molecule has 112 valence electrons. The second kappa shape index (κ2) is 5.77. The molecule has 1 aromatic carbocycles. The molecule has 4 unspecified atom stereocenters. The van der Waals surface area contributed by atoms with Crippen molar-refractivity contribution in [3.05, 3.63) is 29.8 Å². The SMILES string of the molecule is CC1CC(C)C(Oc2ccc(C(C)(C)C)cc2)C(N)C1. The van der Waals surface area contributed by atoms with Crippen molar-refractivity contribution in [3.63, 3.8) is 0 Å². The number of ether oxygens (including phenoxy) is 1. The molecule has 2 rings (SSSR count). The molecule has 2 heteroatoms. The molecule has 1 aliphatic carbocycles. The summed E-state index contributed by atoms with van der Waals surface area (Å²) in [6.45, 7) is 11.2. The summed E-state index contributed by atoms with van der Waals surface area (Å²) in [5.74, 6) is 2.18. The Kier molecular flexibility index (Phi) is 4.43. The predicted molar refractivity (Wildman–Crippen MR) is 85.1 cm³/mol. The van der Waals surface area contributed by atoms with Crippen LogP contribution in [0.2, 0.25) is 0 Å². The largest absolute Gasteiger partial charge is 0.489 e. The smallest absolute Gasteiger partial charge is 0.119 e. The van der Waals surface area contributed by atoms with Crippen LogP contribution in [0.5, 0.6) is 5.75 Å². The minimum atomic E-state index is 0.145. The highest BCUT2D eigenvalue weighted by Gasteiger charge is 2.33. The minimum absolute atomic E-state index is 0.145. The molecule has 0 radical (unpaired) electrons. The second-order valence-corrected chi connectivity index (χ2v) is 7.57. The molecule has 1 aliphatic rings. The summed E-state index contributed by atoms with van der Waals surface area (Å²) in [7, 11) is 0. The lowest BCUT2D eigenvalue weighted by atomic mass is 9.78. The Balaban J connectivity index is 2.06. The predicted octanol–water partition coefficient (Wildman–Crippen LogP) is 4.12. The van der Waals surface area contributed by atoms with E-state index >= 15 is 0 Å². The van der Waals surface area contributed by atoms with Gasteiger partial charge in [-0.15, -0.1) is 0 Å². The van der Waals surface area contributed by atoms with Gasteiger partial charge in [0.2, 0.25) is 0 Å². The molecule has 0 amide bonds. The molecule has 20 heavy (non-hydrogen) atoms. The van der Waals surface area contributed by atoms with Crippen molar-refractivity contribution < 1.29 is 4.74 Å². The molecule has 0 saturated heterocycles. The standard InChI is InChI=1S/C18H29NO/c1-12-10-13(2)17(16(19)11-12)20-15-8-6-14(7-9-15)18(3,4)5/h6-9,12-13,16-17H,10-11,19H2,1-5H3. The summed E-state index contributed by atoms with van der Waals surface area (Å²) in [5.41, 5.74) is 7.80. The van der Waals surface area contributed by atoms with Crippen LogP contribution in [-0.2, 0) is 5.41 Å². The van der Waals surface area contributed by atoms with E-state index in [1.54, 1.807) is 0 Å². The maximum atomic E-state index is 6.28. The van der Waals surface area contributed by atoms with Crippen molar-refractivity contribution in [2.75, 3.05) is 0 Å². The van der Waals surface area contributed by atoms with Crippen LogP contribution in [0.15, 0.2) is 24.3 Å². The molecule has 2 N–H and O–H groups in total. The van der Waals surface area contributed by atoms with Crippen molar-refractivity contribution in [1.82, 2.24) is 0 Å². The number of hydrogen-bond donors (Lipinski definition) is 1. The van der Waals surface area contributed by atoms with Gasteiger partial charge in [0.15, 0.2) is 0 Å². The fraction of sp³-hybridized carbons (Fsp3) is 0.667. The summed E-state index contributed by atoms with van der Waals surface area (Å²) in [6, 6.07) is 8.64. The Morgan fingerprint density at radius 2 is 1.65 bits per heavy atom. The maximum absolute atomic E-state index is 6.28. The van der Waals surface area contributed by atoms with Gasteiger partial charge in [-0.2, -0.15) is 0 Å². The first-order valence-corrected chi connectivity index (χ1v) is 7.80.